The van der Waals surface area contributed by atoms with Crippen molar-refractivity contribution in [2.24, 2.45) is 0 Å². The molecule has 1 fully saturated rings. The van der Waals surface area contributed by atoms with Gasteiger partial charge in [0, 0.05) is 48.4 Å². The zero-order chi connectivity index (χ0) is 26.5. The highest BCUT2D eigenvalue weighted by Crippen LogP contribution is 2.42. The molecule has 1 saturated heterocycles. The molecule has 0 atom stereocenters. The fraction of sp³-hybridized carbons (Fsp3) is 0.267. The molecular weight excluding hydrogens is 480 g/mol. The highest BCUT2D eigenvalue weighted by Gasteiger charge is 2.20. The summed E-state index contributed by atoms with van der Waals surface area (Å²) in [4.78, 5) is 7.31. The average molecular weight is 511 g/mol. The maximum Gasteiger partial charge on any atom is 0.203 e. The van der Waals surface area contributed by atoms with E-state index in [1.807, 2.05) is 48.5 Å². The number of rotatable bonds is 8. The molecule has 0 saturated carbocycles. The molecule has 1 aliphatic heterocycles. The monoisotopic (exact) mass is 510 g/mol. The number of methoxy groups -OCH3 is 3. The number of nitrogens with one attached hydrogen (secondary N) is 1. The summed E-state index contributed by atoms with van der Waals surface area (Å²) in [5.74, 6) is 1.53. The van der Waals surface area contributed by atoms with Gasteiger partial charge in [-0.15, -0.1) is 0 Å². The molecule has 194 valence electrons. The number of ether oxygens (including phenoxy) is 4. The summed E-state index contributed by atoms with van der Waals surface area (Å²) in [7, 11) is 4.72. The van der Waals surface area contributed by atoms with Gasteiger partial charge >= 0.3 is 0 Å². The van der Waals surface area contributed by atoms with Gasteiger partial charge in [0.15, 0.2) is 11.5 Å². The normalized spacial score (nSPS) is 13.6. The predicted octanol–water partition coefficient (Wildman–Crippen LogP) is 5.38. The summed E-state index contributed by atoms with van der Waals surface area (Å²) in [6, 6.07) is 22.1. The Bertz CT molecular complexity index is 1470. The third-order valence-electron chi connectivity index (χ3n) is 6.65. The van der Waals surface area contributed by atoms with Crippen LogP contribution in [0.1, 0.15) is 11.1 Å². The van der Waals surface area contributed by atoms with Gasteiger partial charge in [0.2, 0.25) is 5.75 Å². The van der Waals surface area contributed by atoms with Crippen LogP contribution in [0.3, 0.4) is 0 Å². The average Bonchev–Trinajstić information content (AvgIpc) is 2.97. The number of para-hydroxylation sites is 1. The third-order valence-corrected chi connectivity index (χ3v) is 6.65. The maximum atomic E-state index is 10.4. The number of aromatic nitrogens is 1. The first kappa shape index (κ1) is 25.3. The number of morpholine rings is 1. The van der Waals surface area contributed by atoms with Gasteiger partial charge in [0.1, 0.15) is 11.6 Å². The predicted molar refractivity (Wildman–Crippen MR) is 147 cm³/mol. The molecular formula is C30H30N4O4. The second-order valence-corrected chi connectivity index (χ2v) is 8.97. The van der Waals surface area contributed by atoms with Crippen molar-refractivity contribution in [2.45, 2.75) is 6.54 Å². The van der Waals surface area contributed by atoms with Crippen LogP contribution in [0, 0.1) is 11.3 Å². The molecule has 2 heterocycles. The van der Waals surface area contributed by atoms with E-state index in [2.05, 4.69) is 28.4 Å². The quantitative estimate of drug-likeness (QED) is 0.338. The summed E-state index contributed by atoms with van der Waals surface area (Å²) in [5.41, 5.74) is 5.30. The Kier molecular flexibility index (Phi) is 7.59. The molecule has 0 spiro atoms. The largest absolute Gasteiger partial charge is 0.493 e. The molecule has 8 nitrogen and oxygen atoms in total. The minimum absolute atomic E-state index is 0.459. The smallest absolute Gasteiger partial charge is 0.203 e. The van der Waals surface area contributed by atoms with Crippen molar-refractivity contribution in [1.82, 2.24) is 9.88 Å². The summed E-state index contributed by atoms with van der Waals surface area (Å²) in [6.45, 7) is 4.14. The molecule has 8 heteroatoms. The number of hydrogen-bond acceptors (Lipinski definition) is 8. The Hall–Kier alpha value is -4.32. The number of anilines is 2. The summed E-state index contributed by atoms with van der Waals surface area (Å²) < 4.78 is 22.0. The minimum Gasteiger partial charge on any atom is -0.493 e. The van der Waals surface area contributed by atoms with E-state index in [-0.39, 0.29) is 0 Å². The van der Waals surface area contributed by atoms with Gasteiger partial charge in [-0.05, 0) is 17.7 Å². The third kappa shape index (κ3) is 5.07. The van der Waals surface area contributed by atoms with Crippen molar-refractivity contribution < 1.29 is 18.9 Å². The van der Waals surface area contributed by atoms with E-state index >= 15 is 0 Å². The molecule has 0 amide bonds. The Morgan fingerprint density at radius 2 is 1.68 bits per heavy atom. The molecule has 1 N–H and O–H groups in total. The van der Waals surface area contributed by atoms with Gasteiger partial charge in [-0.1, -0.05) is 36.4 Å². The lowest BCUT2D eigenvalue weighted by atomic mass is 9.99. The van der Waals surface area contributed by atoms with Crippen LogP contribution in [0.2, 0.25) is 0 Å². The Morgan fingerprint density at radius 1 is 0.947 bits per heavy atom. The van der Waals surface area contributed by atoms with Crippen LogP contribution in [0.25, 0.3) is 22.2 Å². The molecule has 5 rings (SSSR count). The SMILES string of the molecule is COc1cc(Nc2c(C#N)c(-c3cccc(CN4CCOCC4)c3)nc3ccccc23)cc(OC)c1OC. The molecule has 1 aliphatic rings. The molecule has 0 bridgehead atoms. The lowest BCUT2D eigenvalue weighted by Crippen LogP contribution is -2.35. The highest BCUT2D eigenvalue weighted by molar-refractivity contribution is 5.99. The lowest BCUT2D eigenvalue weighted by Gasteiger charge is -2.26. The van der Waals surface area contributed by atoms with Crippen molar-refractivity contribution in [3.05, 3.63) is 71.8 Å². The summed E-state index contributed by atoms with van der Waals surface area (Å²) in [6.07, 6.45) is 0. The number of benzene rings is 3. The van der Waals surface area contributed by atoms with Gasteiger partial charge in [0.25, 0.3) is 0 Å². The summed E-state index contributed by atoms with van der Waals surface area (Å²) >= 11 is 0. The van der Waals surface area contributed by atoms with E-state index in [1.54, 1.807) is 21.3 Å². The van der Waals surface area contributed by atoms with E-state index < -0.39 is 0 Å². The first-order valence-electron chi connectivity index (χ1n) is 12.4. The molecule has 4 aromatic rings. The van der Waals surface area contributed by atoms with Crippen LogP contribution in [0.4, 0.5) is 11.4 Å². The number of pyridine rings is 1. The Morgan fingerprint density at radius 3 is 2.37 bits per heavy atom. The first-order chi connectivity index (χ1) is 18.6. The highest BCUT2D eigenvalue weighted by atomic mass is 16.5. The van der Waals surface area contributed by atoms with Crippen LogP contribution >= 0.6 is 0 Å². The van der Waals surface area contributed by atoms with E-state index in [0.717, 1.165) is 49.3 Å². The zero-order valence-electron chi connectivity index (χ0n) is 21.8. The standard InChI is InChI=1S/C30H30N4O4/c1-35-26-16-22(17-27(36-2)30(26)37-3)32-29-23-9-4-5-10-25(23)33-28(24(29)18-31)21-8-6-7-20(15-21)19-34-11-13-38-14-12-34/h4-10,15-17H,11-14,19H2,1-3H3,(H,32,33). The van der Waals surface area contributed by atoms with Crippen LogP contribution in [-0.2, 0) is 11.3 Å². The van der Waals surface area contributed by atoms with Gasteiger partial charge in [-0.25, -0.2) is 4.98 Å². The second-order valence-electron chi connectivity index (χ2n) is 8.97. The lowest BCUT2D eigenvalue weighted by molar-refractivity contribution is 0.0342. The van der Waals surface area contributed by atoms with Crippen LogP contribution in [-0.4, -0.2) is 57.5 Å². The fourth-order valence-corrected chi connectivity index (χ4v) is 4.79. The van der Waals surface area contributed by atoms with Crippen molar-refractivity contribution in [3.8, 4) is 34.6 Å². The number of fused-ring (bicyclic) bond motifs is 1. The second kappa shape index (κ2) is 11.4. The Labute approximate surface area is 222 Å². The van der Waals surface area contributed by atoms with Crippen molar-refractivity contribution in [3.63, 3.8) is 0 Å². The number of nitriles is 1. The fourth-order valence-electron chi connectivity index (χ4n) is 4.79. The maximum absolute atomic E-state index is 10.4. The van der Waals surface area contributed by atoms with E-state index in [4.69, 9.17) is 23.9 Å². The summed E-state index contributed by atoms with van der Waals surface area (Å²) in [5, 5.41) is 14.7. The van der Waals surface area contributed by atoms with Crippen molar-refractivity contribution >= 4 is 22.3 Å². The molecule has 0 aliphatic carbocycles. The van der Waals surface area contributed by atoms with Crippen LogP contribution in [0.5, 0.6) is 17.2 Å². The van der Waals surface area contributed by atoms with Gasteiger partial charge in [0.05, 0.1) is 51.4 Å². The Balaban J connectivity index is 1.61. The van der Waals surface area contributed by atoms with Gasteiger partial charge < -0.3 is 24.3 Å². The van der Waals surface area contributed by atoms with Crippen molar-refractivity contribution in [1.29, 1.82) is 5.26 Å². The molecule has 3 aromatic carbocycles. The minimum atomic E-state index is 0.459. The van der Waals surface area contributed by atoms with Gasteiger partial charge in [-0.3, -0.25) is 4.90 Å². The van der Waals surface area contributed by atoms with Gasteiger partial charge in [-0.2, -0.15) is 5.26 Å². The molecule has 0 radical (unpaired) electrons. The first-order valence-corrected chi connectivity index (χ1v) is 12.4. The van der Waals surface area contributed by atoms with Crippen molar-refractivity contribution in [2.75, 3.05) is 52.9 Å². The topological polar surface area (TPSA) is 88.9 Å². The van der Waals surface area contributed by atoms with E-state index in [1.165, 1.54) is 5.56 Å². The van der Waals surface area contributed by atoms with E-state index in [0.29, 0.717) is 39.9 Å². The van der Waals surface area contributed by atoms with E-state index in [9.17, 15) is 5.26 Å². The molecule has 1 aromatic heterocycles. The van der Waals surface area contributed by atoms with Crippen LogP contribution < -0.4 is 19.5 Å². The number of hydrogen-bond donors (Lipinski definition) is 1. The zero-order valence-corrected chi connectivity index (χ0v) is 21.8. The number of nitrogens with zero attached hydrogens (tertiary/aromatic N) is 3. The molecule has 38 heavy (non-hydrogen) atoms. The van der Waals surface area contributed by atoms with Crippen LogP contribution in [0.15, 0.2) is 60.7 Å². The molecule has 0 unspecified atom stereocenters.